The average Bonchev–Trinajstić information content (AvgIpc) is 2.64. The van der Waals surface area contributed by atoms with Crippen LogP contribution < -0.4 is 5.32 Å². The lowest BCUT2D eigenvalue weighted by atomic mass is 10.0. The third-order valence-corrected chi connectivity index (χ3v) is 3.67. The Balaban J connectivity index is 1.91. The molecule has 0 heterocycles. The number of ether oxygens (including phenoxy) is 1. The van der Waals surface area contributed by atoms with E-state index in [0.29, 0.717) is 18.2 Å². The van der Waals surface area contributed by atoms with Gasteiger partial charge in [-0.1, -0.05) is 30.3 Å². The highest BCUT2D eigenvalue weighted by molar-refractivity contribution is 5.67. The maximum atomic E-state index is 13.7. The van der Waals surface area contributed by atoms with Gasteiger partial charge in [0.15, 0.2) is 0 Å². The second-order valence-electron chi connectivity index (χ2n) is 5.69. The van der Waals surface area contributed by atoms with Crippen molar-refractivity contribution >= 4 is 6.09 Å². The van der Waals surface area contributed by atoms with Gasteiger partial charge >= 0.3 is 12.3 Å². The van der Waals surface area contributed by atoms with Gasteiger partial charge in [0.2, 0.25) is 0 Å². The van der Waals surface area contributed by atoms with E-state index < -0.39 is 48.0 Å². The summed E-state index contributed by atoms with van der Waals surface area (Å²) in [6, 6.07) is 10.2. The molecule has 2 aromatic carbocycles. The van der Waals surface area contributed by atoms with Gasteiger partial charge in [-0.25, -0.2) is 9.18 Å². The second kappa shape index (κ2) is 8.83. The normalized spacial score (nSPS) is 13.7. The maximum absolute atomic E-state index is 13.7. The fraction of sp³-hybridized carbons (Fsp3) is 0.278. The van der Waals surface area contributed by atoms with Gasteiger partial charge in [-0.15, -0.1) is 0 Å². The van der Waals surface area contributed by atoms with Crippen molar-refractivity contribution in [2.24, 2.45) is 0 Å². The van der Waals surface area contributed by atoms with Gasteiger partial charge in [0.25, 0.3) is 0 Å². The summed E-state index contributed by atoms with van der Waals surface area (Å²) in [6.45, 7) is -0.585. The number of halogens is 4. The summed E-state index contributed by atoms with van der Waals surface area (Å²) in [6.07, 6.45) is -9.35. The summed E-state index contributed by atoms with van der Waals surface area (Å²) in [5.41, 5.74) is -1.17. The molecule has 0 spiro atoms. The highest BCUT2D eigenvalue weighted by atomic mass is 19.4. The Morgan fingerprint density at radius 2 is 1.78 bits per heavy atom. The summed E-state index contributed by atoms with van der Waals surface area (Å²) in [5.74, 6) is -1.11. The van der Waals surface area contributed by atoms with Crippen LogP contribution in [0.2, 0.25) is 0 Å². The number of hydrogen-bond acceptors (Lipinski definition) is 4. The Morgan fingerprint density at radius 1 is 1.11 bits per heavy atom. The van der Waals surface area contributed by atoms with Crippen LogP contribution in [0, 0.1) is 5.82 Å². The Labute approximate surface area is 152 Å². The quantitative estimate of drug-likeness (QED) is 0.666. The lowest BCUT2D eigenvalue weighted by Gasteiger charge is -2.20. The predicted molar refractivity (Wildman–Crippen MR) is 87.0 cm³/mol. The smallest absolute Gasteiger partial charge is 0.416 e. The van der Waals surface area contributed by atoms with Crippen molar-refractivity contribution in [3.63, 3.8) is 0 Å². The second-order valence-corrected chi connectivity index (χ2v) is 5.69. The van der Waals surface area contributed by atoms with E-state index in [1.54, 1.807) is 30.3 Å². The van der Waals surface area contributed by atoms with Crippen molar-refractivity contribution in [3.8, 4) is 0 Å². The molecule has 146 valence electrons. The van der Waals surface area contributed by atoms with Crippen LogP contribution in [-0.4, -0.2) is 29.0 Å². The molecular weight excluding hydrogens is 370 g/mol. The van der Waals surface area contributed by atoms with E-state index in [1.165, 1.54) is 0 Å². The van der Waals surface area contributed by atoms with E-state index in [4.69, 9.17) is 4.74 Å². The molecule has 2 atom stereocenters. The van der Waals surface area contributed by atoms with Crippen molar-refractivity contribution < 1.29 is 37.3 Å². The third kappa shape index (κ3) is 5.93. The molecule has 1 amide bonds. The zero-order valence-electron chi connectivity index (χ0n) is 13.9. The van der Waals surface area contributed by atoms with Crippen molar-refractivity contribution in [3.05, 3.63) is 71.0 Å². The Hall–Kier alpha value is -2.65. The van der Waals surface area contributed by atoms with Crippen LogP contribution in [0.25, 0.3) is 0 Å². The largest absolute Gasteiger partial charge is 0.445 e. The monoisotopic (exact) mass is 387 g/mol. The summed E-state index contributed by atoms with van der Waals surface area (Å²) >= 11 is 0. The predicted octanol–water partition coefficient (Wildman–Crippen LogP) is 3.17. The molecule has 0 aliphatic carbocycles. The Kier molecular flexibility index (Phi) is 6.75. The van der Waals surface area contributed by atoms with E-state index in [9.17, 15) is 32.6 Å². The number of carbonyl (C=O) groups is 1. The van der Waals surface area contributed by atoms with Gasteiger partial charge in [-0.2, -0.15) is 13.2 Å². The Bertz CT molecular complexity index is 768. The van der Waals surface area contributed by atoms with E-state index in [0.717, 1.165) is 5.56 Å². The van der Waals surface area contributed by atoms with E-state index in [-0.39, 0.29) is 6.61 Å². The standard InChI is InChI=1S/C18H17F4NO4/c19-14-7-6-12(18(20,21)22)8-13(14)16(25)15(24)9-23-17(26)27-10-11-4-2-1-3-5-11/h1-8,15-16,24-25H,9-10H2,(H,23,26). The number of benzene rings is 2. The number of nitrogens with one attached hydrogen (secondary N) is 1. The number of amides is 1. The molecule has 0 fully saturated rings. The van der Waals surface area contributed by atoms with Gasteiger partial charge in [0.05, 0.1) is 5.56 Å². The van der Waals surface area contributed by atoms with Gasteiger partial charge in [0.1, 0.15) is 24.6 Å². The highest BCUT2D eigenvalue weighted by Crippen LogP contribution is 2.32. The zero-order valence-corrected chi connectivity index (χ0v) is 13.9. The van der Waals surface area contributed by atoms with Crippen molar-refractivity contribution in [2.45, 2.75) is 25.0 Å². The number of alkyl carbamates (subject to hydrolysis) is 1. The summed E-state index contributed by atoms with van der Waals surface area (Å²) in [5, 5.41) is 21.9. The summed E-state index contributed by atoms with van der Waals surface area (Å²) in [4.78, 5) is 11.6. The first kappa shape index (κ1) is 20.7. The minimum absolute atomic E-state index is 0.0341. The van der Waals surface area contributed by atoms with Crippen LogP contribution in [0.15, 0.2) is 48.5 Å². The van der Waals surface area contributed by atoms with E-state index in [1.807, 2.05) is 0 Å². The first-order chi connectivity index (χ1) is 12.7. The van der Waals surface area contributed by atoms with Crippen LogP contribution in [-0.2, 0) is 17.5 Å². The number of carbonyl (C=O) groups excluding carboxylic acids is 1. The van der Waals surface area contributed by atoms with Crippen molar-refractivity contribution in [2.75, 3.05) is 6.54 Å². The van der Waals surface area contributed by atoms with Gasteiger partial charge in [-0.3, -0.25) is 0 Å². The molecule has 0 saturated heterocycles. The number of hydrogen-bond donors (Lipinski definition) is 3. The average molecular weight is 387 g/mol. The minimum Gasteiger partial charge on any atom is -0.445 e. The van der Waals surface area contributed by atoms with Crippen molar-refractivity contribution in [1.29, 1.82) is 0 Å². The first-order valence-electron chi connectivity index (χ1n) is 7.86. The third-order valence-electron chi connectivity index (χ3n) is 3.67. The van der Waals surface area contributed by atoms with E-state index in [2.05, 4.69) is 5.32 Å². The fourth-order valence-electron chi connectivity index (χ4n) is 2.23. The number of aliphatic hydroxyl groups excluding tert-OH is 2. The molecule has 0 aliphatic heterocycles. The number of aliphatic hydroxyl groups is 2. The molecule has 27 heavy (non-hydrogen) atoms. The molecular formula is C18H17F4NO4. The molecule has 2 unspecified atom stereocenters. The lowest BCUT2D eigenvalue weighted by Crippen LogP contribution is -2.36. The number of rotatable bonds is 6. The van der Waals surface area contributed by atoms with Crippen LogP contribution >= 0.6 is 0 Å². The summed E-state index contributed by atoms with van der Waals surface area (Å²) in [7, 11) is 0. The SMILES string of the molecule is O=C(NCC(O)C(O)c1cc(C(F)(F)F)ccc1F)OCc1ccccc1. The topological polar surface area (TPSA) is 78.8 Å². The number of alkyl halides is 3. The van der Waals surface area contributed by atoms with Crippen LogP contribution in [0.1, 0.15) is 22.8 Å². The van der Waals surface area contributed by atoms with Gasteiger partial charge in [0, 0.05) is 12.1 Å². The fourth-order valence-corrected chi connectivity index (χ4v) is 2.23. The van der Waals surface area contributed by atoms with Gasteiger partial charge in [-0.05, 0) is 23.8 Å². The van der Waals surface area contributed by atoms with Crippen LogP contribution in [0.3, 0.4) is 0 Å². The maximum Gasteiger partial charge on any atom is 0.416 e. The zero-order chi connectivity index (χ0) is 20.0. The highest BCUT2D eigenvalue weighted by Gasteiger charge is 2.33. The van der Waals surface area contributed by atoms with Gasteiger partial charge < -0.3 is 20.3 Å². The van der Waals surface area contributed by atoms with Crippen molar-refractivity contribution in [1.82, 2.24) is 5.32 Å². The molecule has 0 saturated carbocycles. The molecule has 0 radical (unpaired) electrons. The molecule has 0 aromatic heterocycles. The van der Waals surface area contributed by atoms with E-state index >= 15 is 0 Å². The first-order valence-corrected chi connectivity index (χ1v) is 7.86. The minimum atomic E-state index is -4.73. The molecule has 2 aromatic rings. The molecule has 2 rings (SSSR count). The summed E-state index contributed by atoms with van der Waals surface area (Å²) < 4.78 is 56.7. The molecule has 0 bridgehead atoms. The molecule has 0 aliphatic rings. The van der Waals surface area contributed by atoms with Crippen LogP contribution in [0.4, 0.5) is 22.4 Å². The molecule has 5 nitrogen and oxygen atoms in total. The molecule has 9 heteroatoms. The molecule has 3 N–H and O–H groups in total. The Morgan fingerprint density at radius 3 is 2.41 bits per heavy atom. The lowest BCUT2D eigenvalue weighted by molar-refractivity contribution is -0.137. The van der Waals surface area contributed by atoms with Crippen LogP contribution in [0.5, 0.6) is 0 Å².